The van der Waals surface area contributed by atoms with Gasteiger partial charge in [0.15, 0.2) is 0 Å². The molecule has 0 bridgehead atoms. The number of hydrogen-bond acceptors (Lipinski definition) is 4. The Hall–Kier alpha value is -2.54. The maximum Gasteiger partial charge on any atom is 0.272 e. The Kier molecular flexibility index (Phi) is 5.99. The molecule has 0 aliphatic heterocycles. The van der Waals surface area contributed by atoms with Crippen molar-refractivity contribution in [1.29, 1.82) is 0 Å². The van der Waals surface area contributed by atoms with Crippen LogP contribution in [0.2, 0.25) is 0 Å². The fraction of sp³-hybridized carbons (Fsp3) is 0.125. The summed E-state index contributed by atoms with van der Waals surface area (Å²) in [6.07, 6.45) is 0. The second kappa shape index (κ2) is 8.19. The number of hydrogen-bond donors (Lipinski definition) is 2. The Labute approximate surface area is 137 Å². The Morgan fingerprint density at radius 3 is 2.43 bits per heavy atom. The Bertz CT molecular complexity index is 692. The predicted octanol–water partition coefficient (Wildman–Crippen LogP) is 2.39. The zero-order valence-electron chi connectivity index (χ0n) is 12.3. The largest absolute Gasteiger partial charge is 0.497 e. The van der Waals surface area contributed by atoms with E-state index in [1.54, 1.807) is 25.3 Å². The first-order valence-electron chi connectivity index (χ1n) is 6.70. The van der Waals surface area contributed by atoms with E-state index in [0.717, 1.165) is 10.6 Å². The van der Waals surface area contributed by atoms with Crippen LogP contribution < -0.4 is 15.6 Å². The van der Waals surface area contributed by atoms with Crippen LogP contribution in [0.1, 0.15) is 10.4 Å². The normalized spacial score (nSPS) is 10.0. The minimum Gasteiger partial charge on any atom is -0.497 e. The summed E-state index contributed by atoms with van der Waals surface area (Å²) in [6.45, 7) is 0. The molecule has 0 saturated carbocycles. The van der Waals surface area contributed by atoms with E-state index in [1.165, 1.54) is 30.0 Å². The number of thioether (sulfide) groups is 1. The van der Waals surface area contributed by atoms with E-state index in [9.17, 15) is 14.0 Å². The lowest BCUT2D eigenvalue weighted by molar-refractivity contribution is -0.119. The number of benzene rings is 2. The van der Waals surface area contributed by atoms with Crippen molar-refractivity contribution in [2.75, 3.05) is 12.9 Å². The Morgan fingerprint density at radius 2 is 1.78 bits per heavy atom. The molecular weight excluding hydrogens is 319 g/mol. The van der Waals surface area contributed by atoms with Crippen LogP contribution in [-0.2, 0) is 4.79 Å². The van der Waals surface area contributed by atoms with Gasteiger partial charge >= 0.3 is 0 Å². The topological polar surface area (TPSA) is 67.4 Å². The number of methoxy groups -OCH3 is 1. The molecule has 0 aliphatic carbocycles. The minimum absolute atomic E-state index is 0.115. The molecule has 7 heteroatoms. The van der Waals surface area contributed by atoms with Gasteiger partial charge in [0.05, 0.1) is 18.4 Å². The molecule has 0 aliphatic rings. The van der Waals surface area contributed by atoms with Crippen molar-refractivity contribution in [3.8, 4) is 5.75 Å². The maximum atomic E-state index is 13.4. The highest BCUT2D eigenvalue weighted by Gasteiger charge is 2.11. The number of hydrazine groups is 1. The van der Waals surface area contributed by atoms with Gasteiger partial charge in [-0.3, -0.25) is 20.4 Å². The number of halogens is 1. The van der Waals surface area contributed by atoms with E-state index in [-0.39, 0.29) is 11.3 Å². The zero-order valence-corrected chi connectivity index (χ0v) is 13.2. The molecular formula is C16H15FN2O3S. The van der Waals surface area contributed by atoms with Gasteiger partial charge < -0.3 is 4.74 Å². The van der Waals surface area contributed by atoms with Gasteiger partial charge in [-0.25, -0.2) is 4.39 Å². The average Bonchev–Trinajstić information content (AvgIpc) is 2.58. The van der Waals surface area contributed by atoms with Gasteiger partial charge in [0.1, 0.15) is 11.6 Å². The van der Waals surface area contributed by atoms with E-state index in [2.05, 4.69) is 10.9 Å². The third kappa shape index (κ3) is 5.00. The van der Waals surface area contributed by atoms with Gasteiger partial charge in [0.25, 0.3) is 5.91 Å². The van der Waals surface area contributed by atoms with Crippen LogP contribution in [-0.4, -0.2) is 24.7 Å². The highest BCUT2D eigenvalue weighted by Crippen LogP contribution is 2.20. The molecule has 2 amide bonds. The Morgan fingerprint density at radius 1 is 1.09 bits per heavy atom. The van der Waals surface area contributed by atoms with Crippen molar-refractivity contribution >= 4 is 23.6 Å². The summed E-state index contributed by atoms with van der Waals surface area (Å²) in [5.41, 5.74) is 4.30. The van der Waals surface area contributed by atoms with Crippen LogP contribution in [0.4, 0.5) is 4.39 Å². The fourth-order valence-corrected chi connectivity index (χ4v) is 2.39. The van der Waals surface area contributed by atoms with Gasteiger partial charge in [-0.15, -0.1) is 11.8 Å². The summed E-state index contributed by atoms with van der Waals surface area (Å²) in [5, 5.41) is 0. The quantitative estimate of drug-likeness (QED) is 0.651. The lowest BCUT2D eigenvalue weighted by Gasteiger charge is -2.08. The molecule has 0 spiro atoms. The fourth-order valence-electron chi connectivity index (χ4n) is 1.70. The van der Waals surface area contributed by atoms with Gasteiger partial charge in [0.2, 0.25) is 5.91 Å². The molecule has 23 heavy (non-hydrogen) atoms. The highest BCUT2D eigenvalue weighted by molar-refractivity contribution is 8.00. The smallest absolute Gasteiger partial charge is 0.272 e. The van der Waals surface area contributed by atoms with Gasteiger partial charge in [0, 0.05) is 4.90 Å². The van der Waals surface area contributed by atoms with Crippen LogP contribution >= 0.6 is 11.8 Å². The third-order valence-corrected chi connectivity index (χ3v) is 3.88. The van der Waals surface area contributed by atoms with Gasteiger partial charge in [-0.05, 0) is 36.4 Å². The molecule has 0 radical (unpaired) electrons. The predicted molar refractivity (Wildman–Crippen MR) is 85.7 cm³/mol. The molecule has 2 aromatic carbocycles. The van der Waals surface area contributed by atoms with Crippen molar-refractivity contribution in [3.63, 3.8) is 0 Å². The number of nitrogens with one attached hydrogen (secondary N) is 2. The molecule has 0 saturated heterocycles. The van der Waals surface area contributed by atoms with Crippen LogP contribution in [0, 0.1) is 5.82 Å². The molecule has 0 unspecified atom stereocenters. The number of rotatable bonds is 5. The second-order valence-electron chi connectivity index (χ2n) is 4.45. The summed E-state index contributed by atoms with van der Waals surface area (Å²) >= 11 is 1.31. The monoisotopic (exact) mass is 334 g/mol. The second-order valence-corrected chi connectivity index (χ2v) is 5.50. The molecule has 2 aromatic rings. The molecule has 120 valence electrons. The first kappa shape index (κ1) is 16.8. The lowest BCUT2D eigenvalue weighted by Crippen LogP contribution is -2.42. The molecule has 2 rings (SSSR count). The van der Waals surface area contributed by atoms with E-state index >= 15 is 0 Å². The zero-order chi connectivity index (χ0) is 16.7. The van der Waals surface area contributed by atoms with Crippen molar-refractivity contribution < 1.29 is 18.7 Å². The van der Waals surface area contributed by atoms with Crippen LogP contribution in [0.25, 0.3) is 0 Å². The third-order valence-electron chi connectivity index (χ3n) is 2.86. The number of carbonyl (C=O) groups is 2. The molecule has 0 fully saturated rings. The molecule has 0 heterocycles. The van der Waals surface area contributed by atoms with Crippen LogP contribution in [0.3, 0.4) is 0 Å². The first-order chi connectivity index (χ1) is 11.1. The van der Waals surface area contributed by atoms with Crippen LogP contribution in [0.5, 0.6) is 5.75 Å². The molecule has 2 N–H and O–H groups in total. The van der Waals surface area contributed by atoms with E-state index in [1.807, 2.05) is 12.1 Å². The summed E-state index contributed by atoms with van der Waals surface area (Å²) in [7, 11) is 1.58. The molecule has 5 nitrogen and oxygen atoms in total. The van der Waals surface area contributed by atoms with Gasteiger partial charge in [-0.1, -0.05) is 12.1 Å². The van der Waals surface area contributed by atoms with Crippen molar-refractivity contribution in [1.82, 2.24) is 10.9 Å². The van der Waals surface area contributed by atoms with E-state index < -0.39 is 17.6 Å². The minimum atomic E-state index is -0.703. The summed E-state index contributed by atoms with van der Waals surface area (Å²) in [5.74, 6) is -0.895. The van der Waals surface area contributed by atoms with Crippen molar-refractivity contribution in [3.05, 3.63) is 59.9 Å². The van der Waals surface area contributed by atoms with E-state index in [0.29, 0.717) is 0 Å². The lowest BCUT2D eigenvalue weighted by atomic mass is 10.2. The number of carbonyl (C=O) groups excluding carboxylic acids is 2. The molecule has 0 aromatic heterocycles. The number of ether oxygens (including phenoxy) is 1. The standard InChI is InChI=1S/C16H15FN2O3S/c1-22-11-6-8-12(9-7-11)23-10-15(20)18-19-16(21)13-4-2-3-5-14(13)17/h2-9H,10H2,1H3,(H,18,20)(H,19,21). The SMILES string of the molecule is COc1ccc(SCC(=O)NNC(=O)c2ccccc2F)cc1. The summed E-state index contributed by atoms with van der Waals surface area (Å²) in [6, 6.07) is 12.8. The maximum absolute atomic E-state index is 13.4. The summed E-state index contributed by atoms with van der Waals surface area (Å²) in [4.78, 5) is 24.3. The summed E-state index contributed by atoms with van der Waals surface area (Å²) < 4.78 is 18.5. The van der Waals surface area contributed by atoms with Crippen molar-refractivity contribution in [2.45, 2.75) is 4.90 Å². The van der Waals surface area contributed by atoms with Gasteiger partial charge in [-0.2, -0.15) is 0 Å². The molecule has 0 atom stereocenters. The first-order valence-corrected chi connectivity index (χ1v) is 7.69. The van der Waals surface area contributed by atoms with Crippen molar-refractivity contribution in [2.24, 2.45) is 0 Å². The number of amides is 2. The Balaban J connectivity index is 1.78. The average molecular weight is 334 g/mol. The highest BCUT2D eigenvalue weighted by atomic mass is 32.2. The van der Waals surface area contributed by atoms with Crippen LogP contribution in [0.15, 0.2) is 53.4 Å². The van der Waals surface area contributed by atoms with E-state index in [4.69, 9.17) is 4.74 Å².